The highest BCUT2D eigenvalue weighted by Crippen LogP contribution is 2.18. The van der Waals surface area contributed by atoms with Crippen LogP contribution < -0.4 is 10.1 Å². The smallest absolute Gasteiger partial charge is 0.119 e. The summed E-state index contributed by atoms with van der Waals surface area (Å²) in [4.78, 5) is 0. The molecule has 0 aromatic heterocycles. The number of nitrogens with one attached hydrogen (secondary N) is 1. The maximum Gasteiger partial charge on any atom is 0.119 e. The molecule has 0 bridgehead atoms. The summed E-state index contributed by atoms with van der Waals surface area (Å²) in [6.07, 6.45) is 0.295. The van der Waals surface area contributed by atoms with E-state index in [0.717, 1.165) is 18.9 Å². The molecule has 3 heteroatoms. The summed E-state index contributed by atoms with van der Waals surface area (Å²) in [6.45, 7) is 7.84. The molecule has 0 saturated heterocycles. The summed E-state index contributed by atoms with van der Waals surface area (Å²) in [5, 5.41) is 3.43. The normalized spacial score (nSPS) is 12.8. The topological polar surface area (TPSA) is 30.5 Å². The van der Waals surface area contributed by atoms with E-state index in [4.69, 9.17) is 9.47 Å². The fraction of sp³-hybridized carbons (Fsp3) is 0.571. The van der Waals surface area contributed by atoms with Crippen LogP contribution in [0.2, 0.25) is 0 Å². The summed E-state index contributed by atoms with van der Waals surface area (Å²) in [5.41, 5.74) is 1.23. The van der Waals surface area contributed by atoms with Crippen molar-refractivity contribution in [1.82, 2.24) is 5.32 Å². The highest BCUT2D eigenvalue weighted by molar-refractivity contribution is 5.30. The second kappa shape index (κ2) is 7.30. The maximum absolute atomic E-state index is 5.49. The Labute approximate surface area is 104 Å². The van der Waals surface area contributed by atoms with Gasteiger partial charge in [0.1, 0.15) is 5.75 Å². The van der Waals surface area contributed by atoms with E-state index in [9.17, 15) is 0 Å². The van der Waals surface area contributed by atoms with Gasteiger partial charge in [-0.3, -0.25) is 0 Å². The molecule has 0 unspecified atom stereocenters. The van der Waals surface area contributed by atoms with Crippen LogP contribution in [0.5, 0.6) is 5.75 Å². The molecule has 1 N–H and O–H groups in total. The van der Waals surface area contributed by atoms with E-state index in [1.54, 1.807) is 7.11 Å². The van der Waals surface area contributed by atoms with Gasteiger partial charge in [0.2, 0.25) is 0 Å². The molecule has 0 radical (unpaired) electrons. The third-order valence-electron chi connectivity index (χ3n) is 2.60. The molecule has 0 amide bonds. The Balaban J connectivity index is 2.38. The van der Waals surface area contributed by atoms with Crippen molar-refractivity contribution in [2.45, 2.75) is 32.9 Å². The standard InChI is InChI=1S/C14H23NO2/c1-11(2)17-9-8-15-12(3)13-6-5-7-14(10-13)16-4/h5-7,10-12,15H,8-9H2,1-4H3/t12-/m0/s1. The zero-order valence-corrected chi connectivity index (χ0v) is 11.2. The van der Waals surface area contributed by atoms with E-state index in [-0.39, 0.29) is 0 Å². The van der Waals surface area contributed by atoms with E-state index in [2.05, 4.69) is 24.4 Å². The van der Waals surface area contributed by atoms with Crippen molar-refractivity contribution in [3.63, 3.8) is 0 Å². The van der Waals surface area contributed by atoms with Gasteiger partial charge in [0, 0.05) is 12.6 Å². The Morgan fingerprint density at radius 3 is 2.65 bits per heavy atom. The molecule has 1 aromatic carbocycles. The molecule has 96 valence electrons. The average Bonchev–Trinajstić information content (AvgIpc) is 2.34. The van der Waals surface area contributed by atoms with E-state index in [1.807, 2.05) is 26.0 Å². The highest BCUT2D eigenvalue weighted by atomic mass is 16.5. The summed E-state index contributed by atoms with van der Waals surface area (Å²) < 4.78 is 10.7. The van der Waals surface area contributed by atoms with Crippen LogP contribution in [0.1, 0.15) is 32.4 Å². The van der Waals surface area contributed by atoms with Crippen LogP contribution in [-0.2, 0) is 4.74 Å². The predicted octanol–water partition coefficient (Wildman–Crippen LogP) is 2.77. The van der Waals surface area contributed by atoms with Crippen LogP contribution in [0.25, 0.3) is 0 Å². The first-order valence-corrected chi connectivity index (χ1v) is 6.12. The molecule has 0 aliphatic heterocycles. The molecule has 0 aliphatic carbocycles. The van der Waals surface area contributed by atoms with Gasteiger partial charge in [0.05, 0.1) is 19.8 Å². The third kappa shape index (κ3) is 5.20. The van der Waals surface area contributed by atoms with Gasteiger partial charge in [0.15, 0.2) is 0 Å². The largest absolute Gasteiger partial charge is 0.497 e. The molecule has 0 spiro atoms. The molecular weight excluding hydrogens is 214 g/mol. The van der Waals surface area contributed by atoms with Crippen molar-refractivity contribution in [3.05, 3.63) is 29.8 Å². The fourth-order valence-electron chi connectivity index (χ4n) is 1.60. The quantitative estimate of drug-likeness (QED) is 0.740. The Bertz CT molecular complexity index is 326. The van der Waals surface area contributed by atoms with Crippen LogP contribution in [0.4, 0.5) is 0 Å². The minimum atomic E-state index is 0.295. The van der Waals surface area contributed by atoms with Crippen LogP contribution in [-0.4, -0.2) is 26.4 Å². The number of hydrogen-bond acceptors (Lipinski definition) is 3. The molecule has 1 aromatic rings. The molecule has 0 fully saturated rings. The maximum atomic E-state index is 5.49. The molecule has 17 heavy (non-hydrogen) atoms. The molecule has 1 atom stereocenters. The third-order valence-corrected chi connectivity index (χ3v) is 2.60. The number of ether oxygens (including phenoxy) is 2. The average molecular weight is 237 g/mol. The van der Waals surface area contributed by atoms with Crippen LogP contribution in [0.15, 0.2) is 24.3 Å². The molecule has 0 heterocycles. The minimum absolute atomic E-state index is 0.295. The summed E-state index contributed by atoms with van der Waals surface area (Å²) >= 11 is 0. The van der Waals surface area contributed by atoms with Gasteiger partial charge in [-0.2, -0.15) is 0 Å². The van der Waals surface area contributed by atoms with Crippen molar-refractivity contribution in [1.29, 1.82) is 0 Å². The van der Waals surface area contributed by atoms with Crippen molar-refractivity contribution < 1.29 is 9.47 Å². The van der Waals surface area contributed by atoms with Gasteiger partial charge < -0.3 is 14.8 Å². The van der Waals surface area contributed by atoms with Crippen LogP contribution in [0.3, 0.4) is 0 Å². The summed E-state index contributed by atoms with van der Waals surface area (Å²) in [6, 6.07) is 8.43. The zero-order valence-electron chi connectivity index (χ0n) is 11.2. The molecular formula is C14H23NO2. The number of rotatable bonds is 7. The van der Waals surface area contributed by atoms with Gasteiger partial charge >= 0.3 is 0 Å². The highest BCUT2D eigenvalue weighted by Gasteiger charge is 2.05. The van der Waals surface area contributed by atoms with Crippen molar-refractivity contribution in [2.24, 2.45) is 0 Å². The Morgan fingerprint density at radius 1 is 1.24 bits per heavy atom. The number of hydrogen-bond donors (Lipinski definition) is 1. The molecule has 0 aliphatic rings. The fourth-order valence-corrected chi connectivity index (χ4v) is 1.60. The van der Waals surface area contributed by atoms with Gasteiger partial charge in [-0.15, -0.1) is 0 Å². The molecule has 3 nitrogen and oxygen atoms in total. The number of benzene rings is 1. The van der Waals surface area contributed by atoms with Crippen LogP contribution in [0, 0.1) is 0 Å². The number of methoxy groups -OCH3 is 1. The predicted molar refractivity (Wildman–Crippen MR) is 70.5 cm³/mol. The molecule has 1 rings (SSSR count). The first-order valence-electron chi connectivity index (χ1n) is 6.12. The lowest BCUT2D eigenvalue weighted by Crippen LogP contribution is -2.24. The van der Waals surface area contributed by atoms with Crippen LogP contribution >= 0.6 is 0 Å². The monoisotopic (exact) mass is 237 g/mol. The van der Waals surface area contributed by atoms with Crippen molar-refractivity contribution >= 4 is 0 Å². The van der Waals surface area contributed by atoms with Gasteiger partial charge in [-0.1, -0.05) is 12.1 Å². The summed E-state index contributed by atoms with van der Waals surface area (Å²) in [5.74, 6) is 0.898. The lowest BCUT2D eigenvalue weighted by Gasteiger charge is -2.15. The summed E-state index contributed by atoms with van der Waals surface area (Å²) in [7, 11) is 1.69. The lowest BCUT2D eigenvalue weighted by molar-refractivity contribution is 0.0796. The molecule has 0 saturated carbocycles. The Hall–Kier alpha value is -1.06. The van der Waals surface area contributed by atoms with Crippen molar-refractivity contribution in [2.75, 3.05) is 20.3 Å². The van der Waals surface area contributed by atoms with E-state index in [0.29, 0.717) is 12.1 Å². The Morgan fingerprint density at radius 2 is 2.00 bits per heavy atom. The second-order valence-electron chi connectivity index (χ2n) is 4.37. The zero-order chi connectivity index (χ0) is 12.7. The second-order valence-corrected chi connectivity index (χ2v) is 4.37. The van der Waals surface area contributed by atoms with Gasteiger partial charge in [-0.05, 0) is 38.5 Å². The Kier molecular flexibility index (Phi) is 6.01. The first kappa shape index (κ1) is 14.0. The van der Waals surface area contributed by atoms with E-state index in [1.165, 1.54) is 5.56 Å². The minimum Gasteiger partial charge on any atom is -0.497 e. The van der Waals surface area contributed by atoms with E-state index < -0.39 is 0 Å². The van der Waals surface area contributed by atoms with Crippen molar-refractivity contribution in [3.8, 4) is 5.75 Å². The van der Waals surface area contributed by atoms with Gasteiger partial charge in [0.25, 0.3) is 0 Å². The first-order chi connectivity index (χ1) is 8.13. The van der Waals surface area contributed by atoms with Gasteiger partial charge in [-0.25, -0.2) is 0 Å². The lowest BCUT2D eigenvalue weighted by atomic mass is 10.1. The van der Waals surface area contributed by atoms with E-state index >= 15 is 0 Å². The SMILES string of the molecule is COc1cccc([C@H](C)NCCOC(C)C)c1.